The molecule has 0 spiro atoms. The van der Waals surface area contributed by atoms with Crippen molar-refractivity contribution < 1.29 is 0 Å². The molecule has 0 saturated heterocycles. The minimum atomic E-state index is 0.312. The van der Waals surface area contributed by atoms with E-state index in [-0.39, 0.29) is 0 Å². The third-order valence-electron chi connectivity index (χ3n) is 2.82. The fourth-order valence-corrected chi connectivity index (χ4v) is 3.96. The van der Waals surface area contributed by atoms with Crippen molar-refractivity contribution in [2.45, 2.75) is 28.9 Å². The van der Waals surface area contributed by atoms with Gasteiger partial charge in [0.25, 0.3) is 0 Å². The highest BCUT2D eigenvalue weighted by Crippen LogP contribution is 2.65. The Bertz CT molecular complexity index is 166. The maximum absolute atomic E-state index is 3.74. The molecule has 0 bridgehead atoms. The van der Waals surface area contributed by atoms with Gasteiger partial charge in [0.15, 0.2) is 0 Å². The lowest BCUT2D eigenvalue weighted by atomic mass is 10.1. The Morgan fingerprint density at radius 3 is 1.91 bits per heavy atom. The smallest absolute Gasteiger partial charge is 0.0868 e. The van der Waals surface area contributed by atoms with E-state index >= 15 is 0 Å². The fourth-order valence-electron chi connectivity index (χ4n) is 2.04. The van der Waals surface area contributed by atoms with Crippen LogP contribution >= 0.6 is 31.9 Å². The lowest BCUT2D eigenvalue weighted by Crippen LogP contribution is -1.87. The lowest BCUT2D eigenvalue weighted by molar-refractivity contribution is 0.605. The molecule has 1 saturated carbocycles. The first-order chi connectivity index (χ1) is 5.23. The molecular weight excluding hydrogens is 268 g/mol. The number of halogens is 2. The van der Waals surface area contributed by atoms with Gasteiger partial charge < -0.3 is 0 Å². The summed E-state index contributed by atoms with van der Waals surface area (Å²) >= 11 is 7.48. The van der Waals surface area contributed by atoms with Crippen LogP contribution in [0.1, 0.15) is 25.7 Å². The maximum Gasteiger partial charge on any atom is 0.0868 e. The van der Waals surface area contributed by atoms with Crippen LogP contribution in [-0.2, 0) is 0 Å². The zero-order valence-electron chi connectivity index (χ0n) is 6.39. The third kappa shape index (κ3) is 1.44. The van der Waals surface area contributed by atoms with E-state index in [0.29, 0.717) is 3.23 Å². The molecule has 0 amide bonds. The molecule has 2 aliphatic rings. The van der Waals surface area contributed by atoms with Crippen LogP contribution in [0, 0.1) is 11.8 Å². The van der Waals surface area contributed by atoms with Crippen molar-refractivity contribution in [3.8, 4) is 0 Å². The zero-order valence-corrected chi connectivity index (χ0v) is 9.57. The molecule has 2 heteroatoms. The van der Waals surface area contributed by atoms with Crippen LogP contribution in [-0.4, -0.2) is 3.23 Å². The predicted molar refractivity (Wildman–Crippen MR) is 55.2 cm³/mol. The molecule has 0 aromatic heterocycles. The second kappa shape index (κ2) is 2.88. The minimum absolute atomic E-state index is 0.312. The van der Waals surface area contributed by atoms with Gasteiger partial charge >= 0.3 is 0 Å². The number of rotatable bonds is 0. The Morgan fingerprint density at radius 1 is 1.00 bits per heavy atom. The summed E-state index contributed by atoms with van der Waals surface area (Å²) in [5, 5.41) is 0. The highest BCUT2D eigenvalue weighted by atomic mass is 79.9. The summed E-state index contributed by atoms with van der Waals surface area (Å²) in [6, 6.07) is 0. The van der Waals surface area contributed by atoms with E-state index in [4.69, 9.17) is 0 Å². The van der Waals surface area contributed by atoms with Crippen LogP contribution in [0.25, 0.3) is 0 Å². The standard InChI is InChI=1S/C9H12Br2/c10-9(11)7-5-3-1-2-4-6-8(7)9/h1-2,7-8H,3-6H2/b2-1+/t7-,8-/m0/s1. The van der Waals surface area contributed by atoms with Gasteiger partial charge in [-0.05, 0) is 37.5 Å². The average Bonchev–Trinajstić information content (AvgIpc) is 2.29. The van der Waals surface area contributed by atoms with E-state index in [2.05, 4.69) is 44.0 Å². The number of allylic oxidation sites excluding steroid dienone is 2. The first-order valence-corrected chi connectivity index (χ1v) is 5.84. The van der Waals surface area contributed by atoms with Crippen molar-refractivity contribution in [1.29, 1.82) is 0 Å². The summed E-state index contributed by atoms with van der Waals surface area (Å²) in [5.74, 6) is 1.76. The molecule has 62 valence electrons. The van der Waals surface area contributed by atoms with Gasteiger partial charge in [-0.1, -0.05) is 44.0 Å². The quantitative estimate of drug-likeness (QED) is 0.467. The van der Waals surface area contributed by atoms with E-state index in [9.17, 15) is 0 Å². The van der Waals surface area contributed by atoms with Crippen molar-refractivity contribution >= 4 is 31.9 Å². The monoisotopic (exact) mass is 278 g/mol. The van der Waals surface area contributed by atoms with Crippen LogP contribution in [0.4, 0.5) is 0 Å². The second-order valence-electron chi connectivity index (χ2n) is 3.51. The highest BCUT2D eigenvalue weighted by Gasteiger charge is 2.60. The van der Waals surface area contributed by atoms with E-state index in [1.165, 1.54) is 25.7 Å². The van der Waals surface area contributed by atoms with Crippen LogP contribution < -0.4 is 0 Å². The number of fused-ring (bicyclic) bond motifs is 1. The summed E-state index contributed by atoms with van der Waals surface area (Å²) in [5.41, 5.74) is 0. The zero-order chi connectivity index (χ0) is 7.90. The number of hydrogen-bond donors (Lipinski definition) is 0. The SMILES string of the molecule is BrC1(Br)[C@H]2CC/C=C/CC[C@@H]21. The normalized spacial score (nSPS) is 43.5. The van der Waals surface area contributed by atoms with E-state index in [1.807, 2.05) is 0 Å². The van der Waals surface area contributed by atoms with Crippen molar-refractivity contribution in [2.24, 2.45) is 11.8 Å². The van der Waals surface area contributed by atoms with E-state index in [0.717, 1.165) is 11.8 Å². The van der Waals surface area contributed by atoms with Crippen molar-refractivity contribution in [3.05, 3.63) is 12.2 Å². The first kappa shape index (κ1) is 8.31. The largest absolute Gasteiger partial charge is 0.0885 e. The Balaban J connectivity index is 2.02. The summed E-state index contributed by atoms with van der Waals surface area (Å²) in [7, 11) is 0. The van der Waals surface area contributed by atoms with E-state index in [1.54, 1.807) is 0 Å². The minimum Gasteiger partial charge on any atom is -0.0885 e. The molecule has 2 rings (SSSR count). The van der Waals surface area contributed by atoms with Crippen molar-refractivity contribution in [3.63, 3.8) is 0 Å². The summed E-state index contributed by atoms with van der Waals surface area (Å²) in [4.78, 5) is 0. The summed E-state index contributed by atoms with van der Waals surface area (Å²) in [6.45, 7) is 0. The van der Waals surface area contributed by atoms with Gasteiger partial charge in [0.05, 0.1) is 3.23 Å². The van der Waals surface area contributed by atoms with Crippen LogP contribution in [0.15, 0.2) is 12.2 Å². The lowest BCUT2D eigenvalue weighted by Gasteiger charge is -1.98. The Morgan fingerprint density at radius 2 is 1.45 bits per heavy atom. The molecule has 0 N–H and O–H groups in total. The second-order valence-corrected chi connectivity index (χ2v) is 7.20. The Hall–Kier alpha value is 0.700. The van der Waals surface area contributed by atoms with E-state index < -0.39 is 0 Å². The predicted octanol–water partition coefficient (Wildman–Crippen LogP) is 3.85. The molecule has 2 aliphatic carbocycles. The molecule has 2 atom stereocenters. The Kier molecular flexibility index (Phi) is 2.17. The van der Waals surface area contributed by atoms with Gasteiger partial charge in [-0.25, -0.2) is 0 Å². The highest BCUT2D eigenvalue weighted by molar-refractivity contribution is 9.25. The molecule has 11 heavy (non-hydrogen) atoms. The van der Waals surface area contributed by atoms with Crippen molar-refractivity contribution in [1.82, 2.24) is 0 Å². The van der Waals surface area contributed by atoms with Gasteiger partial charge in [0, 0.05) is 0 Å². The van der Waals surface area contributed by atoms with Gasteiger partial charge in [-0.3, -0.25) is 0 Å². The molecule has 0 heterocycles. The molecular formula is C9H12Br2. The van der Waals surface area contributed by atoms with Gasteiger partial charge in [0.2, 0.25) is 0 Å². The summed E-state index contributed by atoms with van der Waals surface area (Å²) in [6.07, 6.45) is 9.87. The molecule has 0 aromatic rings. The third-order valence-corrected chi connectivity index (χ3v) is 5.17. The number of alkyl halides is 2. The average molecular weight is 280 g/mol. The maximum atomic E-state index is 3.74. The van der Waals surface area contributed by atoms with Gasteiger partial charge in [0.1, 0.15) is 0 Å². The molecule has 0 nitrogen and oxygen atoms in total. The number of hydrogen-bond acceptors (Lipinski definition) is 0. The molecule has 0 unspecified atom stereocenters. The summed E-state index contributed by atoms with van der Waals surface area (Å²) < 4.78 is 0.312. The fraction of sp³-hybridized carbons (Fsp3) is 0.778. The Labute approximate surface area is 84.7 Å². The van der Waals surface area contributed by atoms with Crippen LogP contribution in [0.2, 0.25) is 0 Å². The molecule has 0 radical (unpaired) electrons. The van der Waals surface area contributed by atoms with Gasteiger partial charge in [-0.2, -0.15) is 0 Å². The molecule has 0 aromatic carbocycles. The first-order valence-electron chi connectivity index (χ1n) is 4.25. The van der Waals surface area contributed by atoms with Crippen LogP contribution in [0.5, 0.6) is 0 Å². The van der Waals surface area contributed by atoms with Crippen LogP contribution in [0.3, 0.4) is 0 Å². The molecule has 1 fully saturated rings. The van der Waals surface area contributed by atoms with Gasteiger partial charge in [-0.15, -0.1) is 0 Å². The topological polar surface area (TPSA) is 0 Å². The molecule has 0 aliphatic heterocycles. The van der Waals surface area contributed by atoms with Crippen molar-refractivity contribution in [2.75, 3.05) is 0 Å².